The molecule has 0 amide bonds. The van der Waals surface area contributed by atoms with Crippen molar-refractivity contribution in [1.29, 1.82) is 5.26 Å². The topological polar surface area (TPSA) is 36.7 Å². The number of aromatic nitrogens is 1. The molecule has 0 fully saturated rings. The zero-order chi connectivity index (χ0) is 9.84. The fourth-order valence-corrected chi connectivity index (χ4v) is 1.24. The maximum Gasteiger partial charge on any atom is 0.101 e. The third-order valence-electron chi connectivity index (χ3n) is 1.52. The molecule has 0 atom stereocenters. The van der Waals surface area contributed by atoms with Gasteiger partial charge in [-0.3, -0.25) is 4.98 Å². The lowest BCUT2D eigenvalue weighted by Gasteiger charge is -2.03. The number of hydrogen-bond donors (Lipinski definition) is 0. The van der Waals surface area contributed by atoms with Gasteiger partial charge in [0.15, 0.2) is 0 Å². The SMILES string of the molecule is C=C(Br)c1cccnc1C(=C)C#N. The molecule has 0 unspecified atom stereocenters. The predicted molar refractivity (Wildman–Crippen MR) is 56.8 cm³/mol. The third kappa shape index (κ3) is 2.04. The van der Waals surface area contributed by atoms with E-state index >= 15 is 0 Å². The molecule has 0 saturated carbocycles. The standard InChI is InChI=1S/C10H7BrN2/c1-7(6-12)10-9(8(2)11)4-3-5-13-10/h3-5H,1-2H2. The number of pyridine rings is 1. The van der Waals surface area contributed by atoms with E-state index in [-0.39, 0.29) is 0 Å². The van der Waals surface area contributed by atoms with Gasteiger partial charge >= 0.3 is 0 Å². The maximum atomic E-state index is 8.66. The molecule has 3 heteroatoms. The second kappa shape index (κ2) is 4.01. The van der Waals surface area contributed by atoms with Crippen LogP contribution in [-0.2, 0) is 0 Å². The first-order valence-electron chi connectivity index (χ1n) is 3.56. The molecule has 0 aromatic carbocycles. The first-order chi connectivity index (χ1) is 6.16. The van der Waals surface area contributed by atoms with Crippen LogP contribution in [0.1, 0.15) is 11.3 Å². The van der Waals surface area contributed by atoms with Crippen molar-refractivity contribution in [2.24, 2.45) is 0 Å². The van der Waals surface area contributed by atoms with E-state index in [1.807, 2.05) is 12.1 Å². The second-order valence-corrected chi connectivity index (χ2v) is 3.35. The van der Waals surface area contributed by atoms with Crippen LogP contribution in [0.5, 0.6) is 0 Å². The predicted octanol–water partition coefficient (Wildman–Crippen LogP) is 2.98. The molecule has 0 radical (unpaired) electrons. The minimum atomic E-state index is 0.344. The van der Waals surface area contributed by atoms with Gasteiger partial charge in [0.05, 0.1) is 11.3 Å². The van der Waals surface area contributed by atoms with Crippen LogP contribution in [0, 0.1) is 11.3 Å². The van der Waals surface area contributed by atoms with E-state index in [9.17, 15) is 0 Å². The van der Waals surface area contributed by atoms with Crippen molar-refractivity contribution in [2.45, 2.75) is 0 Å². The number of nitrogens with zero attached hydrogens (tertiary/aromatic N) is 2. The molecule has 1 rings (SSSR count). The number of halogens is 1. The summed E-state index contributed by atoms with van der Waals surface area (Å²) in [6, 6.07) is 5.58. The van der Waals surface area contributed by atoms with E-state index in [2.05, 4.69) is 34.1 Å². The van der Waals surface area contributed by atoms with Gasteiger partial charge < -0.3 is 0 Å². The molecule has 0 saturated heterocycles. The lowest BCUT2D eigenvalue weighted by molar-refractivity contribution is 1.27. The number of rotatable bonds is 2. The number of allylic oxidation sites excluding steroid dienone is 1. The molecule has 0 N–H and O–H groups in total. The van der Waals surface area contributed by atoms with Crippen molar-refractivity contribution in [2.75, 3.05) is 0 Å². The molecule has 0 aliphatic carbocycles. The van der Waals surface area contributed by atoms with Gasteiger partial charge in [-0.15, -0.1) is 0 Å². The van der Waals surface area contributed by atoms with E-state index in [4.69, 9.17) is 5.26 Å². The summed E-state index contributed by atoms with van der Waals surface area (Å²) < 4.78 is 0.701. The maximum absolute atomic E-state index is 8.66. The Labute approximate surface area is 85.4 Å². The summed E-state index contributed by atoms with van der Waals surface area (Å²) in [6.45, 7) is 7.33. The Balaban J connectivity index is 3.29. The van der Waals surface area contributed by atoms with Crippen molar-refractivity contribution < 1.29 is 0 Å². The molecule has 1 heterocycles. The van der Waals surface area contributed by atoms with Crippen LogP contribution in [0.3, 0.4) is 0 Å². The monoisotopic (exact) mass is 234 g/mol. The molecule has 64 valence electrons. The largest absolute Gasteiger partial charge is 0.255 e. The molecule has 0 spiro atoms. The first-order valence-corrected chi connectivity index (χ1v) is 4.35. The van der Waals surface area contributed by atoms with Crippen LogP contribution in [0.15, 0.2) is 31.5 Å². The molecular formula is C10H7BrN2. The second-order valence-electron chi connectivity index (χ2n) is 2.39. The Kier molecular flexibility index (Phi) is 2.99. The van der Waals surface area contributed by atoms with Crippen molar-refractivity contribution in [3.8, 4) is 6.07 Å². The van der Waals surface area contributed by atoms with Gasteiger partial charge in [-0.1, -0.05) is 35.2 Å². The average molecular weight is 235 g/mol. The molecule has 1 aromatic rings. The van der Waals surface area contributed by atoms with E-state index in [0.717, 1.165) is 5.56 Å². The quantitative estimate of drug-likeness (QED) is 0.739. The summed E-state index contributed by atoms with van der Waals surface area (Å²) in [5, 5.41) is 8.66. The van der Waals surface area contributed by atoms with Crippen LogP contribution < -0.4 is 0 Å². The van der Waals surface area contributed by atoms with Gasteiger partial charge in [0.2, 0.25) is 0 Å². The fourth-order valence-electron chi connectivity index (χ4n) is 0.918. The highest BCUT2D eigenvalue weighted by Crippen LogP contribution is 2.24. The van der Waals surface area contributed by atoms with Gasteiger partial charge in [0.1, 0.15) is 6.07 Å². The fraction of sp³-hybridized carbons (Fsp3) is 0. The summed E-state index contributed by atoms with van der Waals surface area (Å²) in [7, 11) is 0. The van der Waals surface area contributed by atoms with Crippen LogP contribution in [0.4, 0.5) is 0 Å². The van der Waals surface area contributed by atoms with Crippen molar-refractivity contribution in [3.63, 3.8) is 0 Å². The highest BCUT2D eigenvalue weighted by molar-refractivity contribution is 9.15. The molecule has 1 aromatic heterocycles. The van der Waals surface area contributed by atoms with E-state index in [1.54, 1.807) is 12.3 Å². The van der Waals surface area contributed by atoms with Gasteiger partial charge in [0, 0.05) is 16.2 Å². The Morgan fingerprint density at radius 1 is 1.54 bits per heavy atom. The summed E-state index contributed by atoms with van der Waals surface area (Å²) in [6.07, 6.45) is 1.62. The first kappa shape index (κ1) is 9.69. The van der Waals surface area contributed by atoms with E-state index in [0.29, 0.717) is 15.7 Å². The van der Waals surface area contributed by atoms with Crippen LogP contribution in [0.25, 0.3) is 10.1 Å². The van der Waals surface area contributed by atoms with Gasteiger partial charge in [-0.2, -0.15) is 5.26 Å². The Hall–Kier alpha value is -1.40. The molecular weight excluding hydrogens is 228 g/mol. The van der Waals surface area contributed by atoms with Gasteiger partial charge in [-0.25, -0.2) is 0 Å². The van der Waals surface area contributed by atoms with Crippen LogP contribution in [0.2, 0.25) is 0 Å². The minimum absolute atomic E-state index is 0.344. The number of hydrogen-bond acceptors (Lipinski definition) is 2. The van der Waals surface area contributed by atoms with Crippen molar-refractivity contribution >= 4 is 26.0 Å². The molecule has 13 heavy (non-hydrogen) atoms. The smallest absolute Gasteiger partial charge is 0.101 e. The Morgan fingerprint density at radius 2 is 2.23 bits per heavy atom. The Morgan fingerprint density at radius 3 is 2.77 bits per heavy atom. The van der Waals surface area contributed by atoms with Gasteiger partial charge in [0.25, 0.3) is 0 Å². The average Bonchev–Trinajstić information content (AvgIpc) is 2.16. The number of nitriles is 1. The molecule has 2 nitrogen and oxygen atoms in total. The van der Waals surface area contributed by atoms with Gasteiger partial charge in [-0.05, 0) is 6.07 Å². The summed E-state index contributed by atoms with van der Waals surface area (Å²) in [5.41, 5.74) is 1.72. The lowest BCUT2D eigenvalue weighted by Crippen LogP contribution is -1.91. The van der Waals surface area contributed by atoms with Crippen molar-refractivity contribution in [3.05, 3.63) is 42.7 Å². The summed E-state index contributed by atoms with van der Waals surface area (Å²) in [4.78, 5) is 4.06. The normalized spacial score (nSPS) is 8.92. The highest BCUT2D eigenvalue weighted by Gasteiger charge is 2.07. The van der Waals surface area contributed by atoms with Crippen molar-refractivity contribution in [1.82, 2.24) is 4.98 Å². The zero-order valence-corrected chi connectivity index (χ0v) is 8.50. The van der Waals surface area contributed by atoms with E-state index < -0.39 is 0 Å². The third-order valence-corrected chi connectivity index (χ3v) is 1.95. The van der Waals surface area contributed by atoms with Crippen LogP contribution >= 0.6 is 15.9 Å². The summed E-state index contributed by atoms with van der Waals surface area (Å²) in [5.74, 6) is 0. The molecule has 0 aliphatic heterocycles. The van der Waals surface area contributed by atoms with E-state index in [1.165, 1.54) is 0 Å². The zero-order valence-electron chi connectivity index (χ0n) is 6.92. The molecule has 0 bridgehead atoms. The Bertz CT molecular complexity index is 402. The highest BCUT2D eigenvalue weighted by atomic mass is 79.9. The minimum Gasteiger partial charge on any atom is -0.255 e. The lowest BCUT2D eigenvalue weighted by atomic mass is 10.1. The van der Waals surface area contributed by atoms with Crippen LogP contribution in [-0.4, -0.2) is 4.98 Å². The summed E-state index contributed by atoms with van der Waals surface area (Å²) >= 11 is 3.25. The molecule has 0 aliphatic rings.